The van der Waals surface area contributed by atoms with Crippen molar-refractivity contribution in [3.63, 3.8) is 0 Å². The SMILES string of the molecule is CC1(CO)CCCC1NS(=O)(=O)c1ccc(CC#N)cc1. The van der Waals surface area contributed by atoms with Gasteiger partial charge in [-0.15, -0.1) is 0 Å². The summed E-state index contributed by atoms with van der Waals surface area (Å²) < 4.78 is 27.5. The van der Waals surface area contributed by atoms with Gasteiger partial charge >= 0.3 is 0 Å². The molecule has 1 aliphatic rings. The molecule has 0 spiro atoms. The molecule has 5 nitrogen and oxygen atoms in total. The fraction of sp³-hybridized carbons (Fsp3) is 0.533. The van der Waals surface area contributed by atoms with Crippen LogP contribution in [0, 0.1) is 16.7 Å². The first-order valence-electron chi connectivity index (χ1n) is 7.00. The summed E-state index contributed by atoms with van der Waals surface area (Å²) in [5.74, 6) is 0. The predicted octanol–water partition coefficient (Wildman–Crippen LogP) is 1.58. The van der Waals surface area contributed by atoms with E-state index in [1.807, 2.05) is 13.0 Å². The number of hydrogen-bond acceptors (Lipinski definition) is 4. The Morgan fingerprint density at radius 2 is 2.10 bits per heavy atom. The summed E-state index contributed by atoms with van der Waals surface area (Å²) in [6.07, 6.45) is 2.73. The van der Waals surface area contributed by atoms with Crippen molar-refractivity contribution in [2.24, 2.45) is 5.41 Å². The molecule has 1 aromatic carbocycles. The number of benzene rings is 1. The molecule has 0 bridgehead atoms. The van der Waals surface area contributed by atoms with Gasteiger partial charge in [0.2, 0.25) is 10.0 Å². The number of hydrogen-bond donors (Lipinski definition) is 2. The van der Waals surface area contributed by atoms with Crippen LogP contribution in [0.3, 0.4) is 0 Å². The first-order valence-corrected chi connectivity index (χ1v) is 8.49. The van der Waals surface area contributed by atoms with Gasteiger partial charge in [0.1, 0.15) is 0 Å². The van der Waals surface area contributed by atoms with Crippen molar-refractivity contribution in [3.8, 4) is 6.07 Å². The van der Waals surface area contributed by atoms with E-state index in [4.69, 9.17) is 5.26 Å². The molecule has 0 amide bonds. The number of aliphatic hydroxyl groups excluding tert-OH is 1. The van der Waals surface area contributed by atoms with Crippen LogP contribution < -0.4 is 4.72 Å². The van der Waals surface area contributed by atoms with Crippen LogP contribution in [0.1, 0.15) is 31.7 Å². The molecule has 0 aliphatic heterocycles. The maximum Gasteiger partial charge on any atom is 0.240 e. The van der Waals surface area contributed by atoms with Gasteiger partial charge in [-0.05, 0) is 30.5 Å². The van der Waals surface area contributed by atoms with Crippen LogP contribution in [0.25, 0.3) is 0 Å². The van der Waals surface area contributed by atoms with Gasteiger partial charge in [-0.2, -0.15) is 5.26 Å². The zero-order valence-electron chi connectivity index (χ0n) is 12.0. The van der Waals surface area contributed by atoms with Crippen molar-refractivity contribution in [2.45, 2.75) is 43.5 Å². The summed E-state index contributed by atoms with van der Waals surface area (Å²) in [6, 6.07) is 8.11. The minimum atomic E-state index is -3.60. The third-order valence-electron chi connectivity index (χ3n) is 4.26. The second-order valence-electron chi connectivity index (χ2n) is 5.86. The van der Waals surface area contributed by atoms with Crippen LogP contribution in [0.4, 0.5) is 0 Å². The van der Waals surface area contributed by atoms with Gasteiger partial charge in [-0.3, -0.25) is 0 Å². The van der Waals surface area contributed by atoms with E-state index >= 15 is 0 Å². The van der Waals surface area contributed by atoms with Crippen LogP contribution in [0.5, 0.6) is 0 Å². The molecule has 2 atom stereocenters. The monoisotopic (exact) mass is 308 g/mol. The minimum absolute atomic E-state index is 0.0265. The van der Waals surface area contributed by atoms with Crippen molar-refractivity contribution in [2.75, 3.05) is 6.61 Å². The van der Waals surface area contributed by atoms with Gasteiger partial charge in [0.15, 0.2) is 0 Å². The standard InChI is InChI=1S/C15H20N2O3S/c1-15(11-18)9-2-3-14(15)17-21(19,20)13-6-4-12(5-7-13)8-10-16/h4-7,14,17-18H,2-3,8-9,11H2,1H3. The first kappa shape index (κ1) is 16.0. The lowest BCUT2D eigenvalue weighted by molar-refractivity contribution is 0.127. The van der Waals surface area contributed by atoms with E-state index < -0.39 is 15.4 Å². The second-order valence-corrected chi connectivity index (χ2v) is 7.57. The molecule has 21 heavy (non-hydrogen) atoms. The minimum Gasteiger partial charge on any atom is -0.396 e. The number of nitriles is 1. The number of aliphatic hydroxyl groups is 1. The highest BCUT2D eigenvalue weighted by Gasteiger charge is 2.40. The highest BCUT2D eigenvalue weighted by Crippen LogP contribution is 2.38. The molecule has 6 heteroatoms. The lowest BCUT2D eigenvalue weighted by atomic mass is 9.86. The molecule has 2 N–H and O–H groups in total. The molecule has 114 valence electrons. The van der Waals surface area contributed by atoms with E-state index in [1.54, 1.807) is 12.1 Å². The summed E-state index contributed by atoms with van der Waals surface area (Å²) in [5.41, 5.74) is 0.394. The van der Waals surface area contributed by atoms with E-state index in [9.17, 15) is 13.5 Å². The van der Waals surface area contributed by atoms with Crippen LogP contribution in [0.2, 0.25) is 0 Å². The molecule has 2 rings (SSSR count). The van der Waals surface area contributed by atoms with E-state index in [0.29, 0.717) is 0 Å². The Labute approximate surface area is 125 Å². The van der Waals surface area contributed by atoms with Crippen molar-refractivity contribution >= 4 is 10.0 Å². The topological polar surface area (TPSA) is 90.2 Å². The fourth-order valence-electron chi connectivity index (χ4n) is 2.76. The number of nitrogens with zero attached hydrogens (tertiary/aromatic N) is 1. The third kappa shape index (κ3) is 3.43. The van der Waals surface area contributed by atoms with Crippen LogP contribution in [-0.2, 0) is 16.4 Å². The Morgan fingerprint density at radius 1 is 1.43 bits per heavy atom. The molecular formula is C15H20N2O3S. The molecule has 1 saturated carbocycles. The molecule has 0 aromatic heterocycles. The second kappa shape index (κ2) is 6.14. The summed E-state index contributed by atoms with van der Waals surface area (Å²) in [5, 5.41) is 18.1. The summed E-state index contributed by atoms with van der Waals surface area (Å²) >= 11 is 0. The smallest absolute Gasteiger partial charge is 0.240 e. The maximum atomic E-state index is 12.4. The van der Waals surface area contributed by atoms with Gasteiger partial charge in [0, 0.05) is 18.1 Å². The normalized spacial score (nSPS) is 25.7. The van der Waals surface area contributed by atoms with Crippen LogP contribution >= 0.6 is 0 Å². The zero-order chi connectivity index (χ0) is 15.5. The molecule has 2 unspecified atom stereocenters. The van der Waals surface area contributed by atoms with Crippen molar-refractivity contribution in [1.29, 1.82) is 5.26 Å². The maximum absolute atomic E-state index is 12.4. The van der Waals surface area contributed by atoms with E-state index in [2.05, 4.69) is 4.72 Å². The average Bonchev–Trinajstić information content (AvgIpc) is 2.81. The Kier molecular flexibility index (Phi) is 4.67. The zero-order valence-corrected chi connectivity index (χ0v) is 12.9. The molecule has 0 saturated heterocycles. The van der Waals surface area contributed by atoms with Gasteiger partial charge in [0.25, 0.3) is 0 Å². The van der Waals surface area contributed by atoms with Gasteiger partial charge in [-0.1, -0.05) is 25.5 Å². The molecule has 0 heterocycles. The largest absolute Gasteiger partial charge is 0.396 e. The highest BCUT2D eigenvalue weighted by molar-refractivity contribution is 7.89. The fourth-order valence-corrected chi connectivity index (χ4v) is 4.16. The van der Waals surface area contributed by atoms with E-state index in [-0.39, 0.29) is 24.0 Å². The highest BCUT2D eigenvalue weighted by atomic mass is 32.2. The Balaban J connectivity index is 2.17. The Morgan fingerprint density at radius 3 is 2.67 bits per heavy atom. The average molecular weight is 308 g/mol. The molecular weight excluding hydrogens is 288 g/mol. The molecule has 1 aliphatic carbocycles. The third-order valence-corrected chi connectivity index (χ3v) is 5.74. The van der Waals surface area contributed by atoms with Gasteiger partial charge in [-0.25, -0.2) is 13.1 Å². The summed E-state index contributed by atoms with van der Waals surface area (Å²) in [6.45, 7) is 1.88. The van der Waals surface area contributed by atoms with Crippen LogP contribution in [-0.4, -0.2) is 26.2 Å². The van der Waals surface area contributed by atoms with Crippen LogP contribution in [0.15, 0.2) is 29.2 Å². The Bertz CT molecular complexity index is 634. The predicted molar refractivity (Wildman–Crippen MR) is 78.9 cm³/mol. The first-order chi connectivity index (χ1) is 9.91. The van der Waals surface area contributed by atoms with E-state index in [1.165, 1.54) is 12.1 Å². The number of sulfonamides is 1. The van der Waals surface area contributed by atoms with Gasteiger partial charge in [0.05, 0.1) is 17.4 Å². The quantitative estimate of drug-likeness (QED) is 0.864. The molecule has 0 radical (unpaired) electrons. The summed E-state index contributed by atoms with van der Waals surface area (Å²) in [4.78, 5) is 0.191. The lowest BCUT2D eigenvalue weighted by Crippen LogP contribution is -2.44. The Hall–Kier alpha value is -1.42. The number of nitrogens with one attached hydrogen (secondary N) is 1. The molecule has 1 fully saturated rings. The molecule has 1 aromatic rings. The van der Waals surface area contributed by atoms with Crippen molar-refractivity contribution in [1.82, 2.24) is 4.72 Å². The summed E-state index contributed by atoms with van der Waals surface area (Å²) in [7, 11) is -3.60. The lowest BCUT2D eigenvalue weighted by Gasteiger charge is -2.29. The number of rotatable bonds is 5. The van der Waals surface area contributed by atoms with Crippen molar-refractivity contribution < 1.29 is 13.5 Å². The van der Waals surface area contributed by atoms with E-state index in [0.717, 1.165) is 24.8 Å². The van der Waals surface area contributed by atoms with Crippen molar-refractivity contribution in [3.05, 3.63) is 29.8 Å². The van der Waals surface area contributed by atoms with Gasteiger partial charge < -0.3 is 5.11 Å².